The highest BCUT2D eigenvalue weighted by Crippen LogP contribution is 2.37. The highest BCUT2D eigenvalue weighted by atomic mass is 16.5. The molecule has 0 unspecified atom stereocenters. The van der Waals surface area contributed by atoms with Gasteiger partial charge in [0.25, 0.3) is 11.8 Å². The molecule has 0 bridgehead atoms. The van der Waals surface area contributed by atoms with Crippen molar-refractivity contribution in [2.45, 2.75) is 13.0 Å². The van der Waals surface area contributed by atoms with Crippen LogP contribution >= 0.6 is 0 Å². The van der Waals surface area contributed by atoms with E-state index in [0.29, 0.717) is 35.8 Å². The van der Waals surface area contributed by atoms with E-state index in [1.807, 2.05) is 30.3 Å². The van der Waals surface area contributed by atoms with E-state index in [2.05, 4.69) is 20.9 Å². The number of nitrogens with zero attached hydrogens (tertiary/aromatic N) is 1. The monoisotopic (exact) mass is 446 g/mol. The zero-order valence-corrected chi connectivity index (χ0v) is 18.6. The summed E-state index contributed by atoms with van der Waals surface area (Å²) in [6.45, 7) is 1.85. The third-order valence-electron chi connectivity index (χ3n) is 5.47. The minimum Gasteiger partial charge on any atom is -0.481 e. The molecule has 2 amide bonds. The van der Waals surface area contributed by atoms with Crippen molar-refractivity contribution in [3.05, 3.63) is 71.4 Å². The maximum atomic E-state index is 12.9. The Kier molecular flexibility index (Phi) is 6.85. The summed E-state index contributed by atoms with van der Waals surface area (Å²) in [5.74, 6) is -0.0260. The van der Waals surface area contributed by atoms with Crippen LogP contribution in [0.2, 0.25) is 0 Å². The topological polar surface area (TPSA) is 102 Å². The molecule has 0 saturated heterocycles. The van der Waals surface area contributed by atoms with Crippen molar-refractivity contribution < 1.29 is 19.1 Å². The van der Waals surface area contributed by atoms with Gasteiger partial charge in [-0.15, -0.1) is 0 Å². The van der Waals surface area contributed by atoms with Gasteiger partial charge in [-0.1, -0.05) is 6.07 Å². The number of hydrogen-bond donors (Lipinski definition) is 3. The van der Waals surface area contributed by atoms with Crippen LogP contribution in [0.15, 0.2) is 54.7 Å². The summed E-state index contributed by atoms with van der Waals surface area (Å²) in [6.07, 6.45) is 2.55. The first-order valence-corrected chi connectivity index (χ1v) is 10.7. The predicted molar refractivity (Wildman–Crippen MR) is 127 cm³/mol. The van der Waals surface area contributed by atoms with Crippen molar-refractivity contribution in [1.82, 2.24) is 10.3 Å². The van der Waals surface area contributed by atoms with E-state index in [4.69, 9.17) is 9.47 Å². The van der Waals surface area contributed by atoms with Crippen LogP contribution in [-0.2, 0) is 11.3 Å². The minimum atomic E-state index is -0.283. The van der Waals surface area contributed by atoms with Gasteiger partial charge < -0.3 is 25.4 Å². The van der Waals surface area contributed by atoms with Crippen molar-refractivity contribution >= 4 is 23.2 Å². The number of hydrogen-bond acceptors (Lipinski definition) is 6. The lowest BCUT2D eigenvalue weighted by molar-refractivity contribution is 0.0966. The van der Waals surface area contributed by atoms with Gasteiger partial charge in [-0.2, -0.15) is 0 Å². The summed E-state index contributed by atoms with van der Waals surface area (Å²) < 4.78 is 10.4. The van der Waals surface area contributed by atoms with Gasteiger partial charge in [-0.3, -0.25) is 9.59 Å². The number of carbonyl (C=O) groups excluding carboxylic acids is 2. The number of fused-ring (bicyclic) bond motifs is 1. The highest BCUT2D eigenvalue weighted by Gasteiger charge is 2.28. The lowest BCUT2D eigenvalue weighted by Gasteiger charge is -2.14. The van der Waals surface area contributed by atoms with E-state index in [1.54, 1.807) is 38.6 Å². The van der Waals surface area contributed by atoms with E-state index < -0.39 is 0 Å². The van der Waals surface area contributed by atoms with Crippen LogP contribution in [0.4, 0.5) is 11.4 Å². The number of carbonyl (C=O) groups is 2. The molecule has 0 atom stereocenters. The Labute approximate surface area is 192 Å². The summed E-state index contributed by atoms with van der Waals surface area (Å²) in [7, 11) is 3.24. The Balaban J connectivity index is 1.55. The van der Waals surface area contributed by atoms with Gasteiger partial charge in [-0.05, 0) is 60.0 Å². The van der Waals surface area contributed by atoms with E-state index in [0.717, 1.165) is 35.3 Å². The molecule has 0 radical (unpaired) electrons. The van der Waals surface area contributed by atoms with Gasteiger partial charge in [0.05, 0.1) is 18.4 Å². The largest absolute Gasteiger partial charge is 0.481 e. The Hall–Kier alpha value is -3.91. The first-order chi connectivity index (χ1) is 16.1. The Morgan fingerprint density at radius 1 is 1.09 bits per heavy atom. The second-order valence-electron chi connectivity index (χ2n) is 7.56. The number of anilines is 2. The molecule has 0 spiro atoms. The molecule has 8 nitrogen and oxygen atoms in total. The SMILES string of the molecule is COCCCNc1ccc(C(=O)Nc2ccc(-c3cccnc3OC)c3c2C(=O)NC3)cc1. The smallest absolute Gasteiger partial charge is 0.255 e. The molecule has 3 N–H and O–H groups in total. The van der Waals surface area contributed by atoms with Crippen LogP contribution in [-0.4, -0.2) is 44.2 Å². The molecular formula is C25H26N4O4. The standard InChI is InChI=1S/C25H26N4O4/c1-32-14-4-13-26-17-8-6-16(7-9-17)23(30)29-21-11-10-18(20-15-28-24(31)22(20)21)19-5-3-12-27-25(19)33-2/h3,5-12,26H,4,13-15H2,1-2H3,(H,28,31)(H,29,30). The Morgan fingerprint density at radius 2 is 1.91 bits per heavy atom. The average Bonchev–Trinajstić information content (AvgIpc) is 3.24. The number of nitrogens with one attached hydrogen (secondary N) is 3. The number of methoxy groups -OCH3 is 2. The quantitative estimate of drug-likeness (QED) is 0.433. The van der Waals surface area contributed by atoms with Crippen LogP contribution in [0.3, 0.4) is 0 Å². The van der Waals surface area contributed by atoms with Crippen molar-refractivity contribution in [1.29, 1.82) is 0 Å². The molecule has 33 heavy (non-hydrogen) atoms. The summed E-state index contributed by atoms with van der Waals surface area (Å²) >= 11 is 0. The van der Waals surface area contributed by atoms with Crippen LogP contribution in [0.25, 0.3) is 11.1 Å². The van der Waals surface area contributed by atoms with Gasteiger partial charge in [0.2, 0.25) is 5.88 Å². The van der Waals surface area contributed by atoms with E-state index in [-0.39, 0.29) is 11.8 Å². The number of pyridine rings is 1. The zero-order chi connectivity index (χ0) is 23.2. The molecule has 0 aliphatic carbocycles. The van der Waals surface area contributed by atoms with Crippen molar-refractivity contribution in [3.8, 4) is 17.0 Å². The molecule has 0 fully saturated rings. The summed E-state index contributed by atoms with van der Waals surface area (Å²) in [4.78, 5) is 29.7. The summed E-state index contributed by atoms with van der Waals surface area (Å²) in [5.41, 5.74) is 4.80. The number of rotatable bonds is 9. The molecule has 1 aliphatic heterocycles. The molecule has 2 aromatic carbocycles. The van der Waals surface area contributed by atoms with Crippen molar-refractivity contribution in [2.75, 3.05) is 38.0 Å². The molecule has 4 rings (SSSR count). The lowest BCUT2D eigenvalue weighted by Crippen LogP contribution is -2.17. The Morgan fingerprint density at radius 3 is 2.67 bits per heavy atom. The number of amides is 2. The number of benzene rings is 2. The summed E-state index contributed by atoms with van der Waals surface area (Å²) in [6, 6.07) is 14.6. The van der Waals surface area contributed by atoms with Gasteiger partial charge in [0, 0.05) is 49.8 Å². The second kappa shape index (κ2) is 10.1. The van der Waals surface area contributed by atoms with Gasteiger partial charge in [0.1, 0.15) is 0 Å². The van der Waals surface area contributed by atoms with Gasteiger partial charge in [-0.25, -0.2) is 4.98 Å². The molecule has 2 heterocycles. The number of aromatic nitrogens is 1. The molecular weight excluding hydrogens is 420 g/mol. The maximum absolute atomic E-state index is 12.9. The Bertz CT molecular complexity index is 1160. The average molecular weight is 447 g/mol. The van der Waals surface area contributed by atoms with Crippen LogP contribution in [0.1, 0.15) is 32.7 Å². The van der Waals surface area contributed by atoms with Gasteiger partial charge >= 0.3 is 0 Å². The fourth-order valence-electron chi connectivity index (χ4n) is 3.85. The molecule has 8 heteroatoms. The minimum absolute atomic E-state index is 0.222. The second-order valence-corrected chi connectivity index (χ2v) is 7.56. The van der Waals surface area contributed by atoms with E-state index >= 15 is 0 Å². The fourth-order valence-corrected chi connectivity index (χ4v) is 3.85. The molecule has 1 aliphatic rings. The number of ether oxygens (including phenoxy) is 2. The van der Waals surface area contributed by atoms with Crippen molar-refractivity contribution in [2.24, 2.45) is 0 Å². The first-order valence-electron chi connectivity index (χ1n) is 10.7. The maximum Gasteiger partial charge on any atom is 0.255 e. The molecule has 3 aromatic rings. The summed E-state index contributed by atoms with van der Waals surface area (Å²) in [5, 5.41) is 9.03. The third-order valence-corrected chi connectivity index (χ3v) is 5.47. The normalized spacial score (nSPS) is 12.1. The predicted octanol–water partition coefficient (Wildman–Crippen LogP) is 3.70. The molecule has 170 valence electrons. The third kappa shape index (κ3) is 4.80. The van der Waals surface area contributed by atoms with Crippen LogP contribution in [0, 0.1) is 0 Å². The fraction of sp³-hybridized carbons (Fsp3) is 0.240. The molecule has 0 saturated carbocycles. The van der Waals surface area contributed by atoms with E-state index in [1.165, 1.54) is 0 Å². The van der Waals surface area contributed by atoms with E-state index in [9.17, 15) is 9.59 Å². The molecule has 1 aromatic heterocycles. The van der Waals surface area contributed by atoms with Crippen LogP contribution < -0.4 is 20.7 Å². The van der Waals surface area contributed by atoms with Crippen molar-refractivity contribution in [3.63, 3.8) is 0 Å². The lowest BCUT2D eigenvalue weighted by atomic mass is 9.96. The highest BCUT2D eigenvalue weighted by molar-refractivity contribution is 6.11. The first kappa shape index (κ1) is 22.3. The zero-order valence-electron chi connectivity index (χ0n) is 18.6. The van der Waals surface area contributed by atoms with Crippen LogP contribution in [0.5, 0.6) is 5.88 Å². The van der Waals surface area contributed by atoms with Gasteiger partial charge in [0.15, 0.2) is 0 Å².